The molecule has 0 saturated carbocycles. The normalized spacial score (nSPS) is 25.3. The molecule has 2 aromatic rings. The molecular formula is C20H25N3O3. The van der Waals surface area contributed by atoms with Crippen LogP contribution < -0.4 is 5.32 Å². The van der Waals surface area contributed by atoms with Crippen LogP contribution in [0.25, 0.3) is 0 Å². The topological polar surface area (TPSA) is 67.6 Å². The molecule has 6 nitrogen and oxygen atoms in total. The number of rotatable bonds is 6. The molecule has 0 bridgehead atoms. The number of nitrogens with zero attached hydrogens (tertiary/aromatic N) is 2. The van der Waals surface area contributed by atoms with Crippen LogP contribution in [0.4, 0.5) is 0 Å². The molecule has 138 valence electrons. The molecule has 0 unspecified atom stereocenters. The van der Waals surface area contributed by atoms with E-state index in [1.807, 2.05) is 37.3 Å². The first-order chi connectivity index (χ1) is 12.7. The fourth-order valence-corrected chi connectivity index (χ4v) is 3.97. The summed E-state index contributed by atoms with van der Waals surface area (Å²) in [6, 6.07) is 9.74. The first-order valence-corrected chi connectivity index (χ1v) is 9.25. The van der Waals surface area contributed by atoms with Crippen LogP contribution in [0.15, 0.2) is 40.9 Å². The second-order valence-electron chi connectivity index (χ2n) is 7.30. The number of carbonyl (C=O) groups is 1. The second-order valence-corrected chi connectivity index (χ2v) is 7.30. The molecule has 4 rings (SSSR count). The maximum atomic E-state index is 12.2. The molecule has 1 N–H and O–H groups in total. The lowest BCUT2D eigenvalue weighted by Gasteiger charge is -2.18. The van der Waals surface area contributed by atoms with Crippen molar-refractivity contribution in [1.82, 2.24) is 15.2 Å². The van der Waals surface area contributed by atoms with Crippen molar-refractivity contribution < 1.29 is 13.9 Å². The van der Waals surface area contributed by atoms with Crippen molar-refractivity contribution in [2.75, 3.05) is 13.1 Å². The van der Waals surface area contributed by atoms with Crippen LogP contribution in [0, 0.1) is 12.8 Å². The number of carbonyl (C=O) groups excluding carboxylic acids is 1. The summed E-state index contributed by atoms with van der Waals surface area (Å²) in [5, 5.41) is 2.93. The number of amides is 1. The van der Waals surface area contributed by atoms with E-state index in [1.54, 1.807) is 6.20 Å². The van der Waals surface area contributed by atoms with E-state index >= 15 is 0 Å². The summed E-state index contributed by atoms with van der Waals surface area (Å²) in [7, 11) is 0. The van der Waals surface area contributed by atoms with Crippen LogP contribution in [0.3, 0.4) is 0 Å². The van der Waals surface area contributed by atoms with Gasteiger partial charge in [-0.3, -0.25) is 14.7 Å². The Morgan fingerprint density at radius 1 is 1.31 bits per heavy atom. The van der Waals surface area contributed by atoms with Crippen molar-refractivity contribution >= 4 is 5.91 Å². The van der Waals surface area contributed by atoms with E-state index in [4.69, 9.17) is 9.15 Å². The average Bonchev–Trinajstić information content (AvgIpc) is 3.29. The Balaban J connectivity index is 1.20. The monoisotopic (exact) mass is 355 g/mol. The summed E-state index contributed by atoms with van der Waals surface area (Å²) in [4.78, 5) is 18.8. The molecule has 0 aliphatic carbocycles. The number of aromatic nitrogens is 1. The number of hydrogen-bond donors (Lipinski definition) is 1. The van der Waals surface area contributed by atoms with Crippen molar-refractivity contribution in [2.45, 2.75) is 45.1 Å². The van der Waals surface area contributed by atoms with Gasteiger partial charge in [-0.2, -0.15) is 0 Å². The lowest BCUT2D eigenvalue weighted by atomic mass is 10.0. The lowest BCUT2D eigenvalue weighted by molar-refractivity contribution is -0.124. The number of fused-ring (bicyclic) bond motifs is 1. The quantitative estimate of drug-likeness (QED) is 0.861. The molecule has 26 heavy (non-hydrogen) atoms. The lowest BCUT2D eigenvalue weighted by Crippen LogP contribution is -2.29. The van der Waals surface area contributed by atoms with Crippen LogP contribution in [-0.2, 0) is 22.6 Å². The van der Waals surface area contributed by atoms with Gasteiger partial charge in [0.1, 0.15) is 11.5 Å². The summed E-state index contributed by atoms with van der Waals surface area (Å²) in [6.45, 7) is 5.19. The smallest absolute Gasteiger partial charge is 0.222 e. The van der Waals surface area contributed by atoms with Crippen LogP contribution in [0.5, 0.6) is 0 Å². The first-order valence-electron chi connectivity index (χ1n) is 9.25. The third-order valence-corrected chi connectivity index (χ3v) is 5.17. The minimum atomic E-state index is 0.0294. The van der Waals surface area contributed by atoms with Gasteiger partial charge in [0.2, 0.25) is 5.91 Å². The molecule has 3 atom stereocenters. The SMILES string of the molecule is Cc1ccc(CN2C[C@@H]3C[C@H](CC(=O)NCc4ccccn4)O[C@@H]3C2)o1. The summed E-state index contributed by atoms with van der Waals surface area (Å²) < 4.78 is 11.8. The number of ether oxygens (including phenoxy) is 1. The maximum Gasteiger partial charge on any atom is 0.222 e. The largest absolute Gasteiger partial charge is 0.465 e. The van der Waals surface area contributed by atoms with Crippen molar-refractivity contribution in [3.63, 3.8) is 0 Å². The molecule has 1 amide bonds. The number of hydrogen-bond acceptors (Lipinski definition) is 5. The fraction of sp³-hybridized carbons (Fsp3) is 0.500. The van der Waals surface area contributed by atoms with Crippen molar-refractivity contribution in [3.05, 3.63) is 53.7 Å². The minimum absolute atomic E-state index is 0.0294. The van der Waals surface area contributed by atoms with Crippen LogP contribution in [-0.4, -0.2) is 41.1 Å². The van der Waals surface area contributed by atoms with Gasteiger partial charge in [0.05, 0.1) is 37.4 Å². The average molecular weight is 355 g/mol. The van der Waals surface area contributed by atoms with Crippen LogP contribution in [0.2, 0.25) is 0 Å². The predicted octanol–water partition coefficient (Wildman–Crippen LogP) is 2.28. The Kier molecular flexibility index (Phi) is 5.04. The maximum absolute atomic E-state index is 12.2. The summed E-state index contributed by atoms with van der Waals surface area (Å²) in [6.07, 6.45) is 3.38. The molecule has 4 heterocycles. The van der Waals surface area contributed by atoms with Crippen LogP contribution >= 0.6 is 0 Å². The molecule has 0 spiro atoms. The van der Waals surface area contributed by atoms with Gasteiger partial charge in [-0.25, -0.2) is 0 Å². The molecular weight excluding hydrogens is 330 g/mol. The van der Waals surface area contributed by atoms with Gasteiger partial charge >= 0.3 is 0 Å². The molecule has 2 aliphatic rings. The Bertz CT molecular complexity index is 732. The zero-order valence-electron chi connectivity index (χ0n) is 15.1. The van der Waals surface area contributed by atoms with Crippen molar-refractivity contribution in [2.24, 2.45) is 5.92 Å². The number of aryl methyl sites for hydroxylation is 1. The second kappa shape index (κ2) is 7.60. The zero-order valence-corrected chi connectivity index (χ0v) is 15.1. The first kappa shape index (κ1) is 17.2. The molecule has 2 aliphatic heterocycles. The van der Waals surface area contributed by atoms with E-state index in [0.717, 1.165) is 43.3 Å². The highest BCUT2D eigenvalue weighted by molar-refractivity contribution is 5.76. The van der Waals surface area contributed by atoms with Gasteiger partial charge in [0, 0.05) is 25.2 Å². The Morgan fingerprint density at radius 3 is 2.96 bits per heavy atom. The van der Waals surface area contributed by atoms with E-state index in [1.165, 1.54) is 0 Å². The minimum Gasteiger partial charge on any atom is -0.465 e. The van der Waals surface area contributed by atoms with E-state index in [0.29, 0.717) is 18.9 Å². The Labute approximate surface area is 153 Å². The van der Waals surface area contributed by atoms with Crippen molar-refractivity contribution in [3.8, 4) is 0 Å². The standard InChI is InChI=1S/C20H25N3O3/c1-14-5-6-17(25-14)12-23-11-15-8-18(26-19(15)13-23)9-20(24)22-10-16-4-2-3-7-21-16/h2-7,15,18-19H,8-13H2,1H3,(H,22,24)/t15-,18+,19+/m0/s1. The highest BCUT2D eigenvalue weighted by atomic mass is 16.5. The predicted molar refractivity (Wildman–Crippen MR) is 96.2 cm³/mol. The zero-order chi connectivity index (χ0) is 17.9. The van der Waals surface area contributed by atoms with E-state index in [2.05, 4.69) is 15.2 Å². The molecule has 0 aromatic carbocycles. The van der Waals surface area contributed by atoms with Crippen LogP contribution in [0.1, 0.15) is 30.1 Å². The highest BCUT2D eigenvalue weighted by Crippen LogP contribution is 2.34. The van der Waals surface area contributed by atoms with Gasteiger partial charge in [0.25, 0.3) is 0 Å². The van der Waals surface area contributed by atoms with Gasteiger partial charge in [0.15, 0.2) is 0 Å². The summed E-state index contributed by atoms with van der Waals surface area (Å²) in [5.41, 5.74) is 0.869. The number of likely N-dealkylation sites (tertiary alicyclic amines) is 1. The van der Waals surface area contributed by atoms with Gasteiger partial charge in [-0.15, -0.1) is 0 Å². The summed E-state index contributed by atoms with van der Waals surface area (Å²) >= 11 is 0. The summed E-state index contributed by atoms with van der Waals surface area (Å²) in [5.74, 6) is 2.50. The number of furan rings is 1. The number of pyridine rings is 1. The molecule has 2 saturated heterocycles. The fourth-order valence-electron chi connectivity index (χ4n) is 3.97. The van der Waals surface area contributed by atoms with E-state index in [-0.39, 0.29) is 18.1 Å². The van der Waals surface area contributed by atoms with Gasteiger partial charge in [-0.1, -0.05) is 6.07 Å². The van der Waals surface area contributed by atoms with E-state index < -0.39 is 0 Å². The Morgan fingerprint density at radius 2 is 2.23 bits per heavy atom. The van der Waals surface area contributed by atoms with Crippen molar-refractivity contribution in [1.29, 1.82) is 0 Å². The molecule has 2 aromatic heterocycles. The van der Waals surface area contributed by atoms with E-state index in [9.17, 15) is 4.79 Å². The highest BCUT2D eigenvalue weighted by Gasteiger charge is 2.42. The third-order valence-electron chi connectivity index (χ3n) is 5.17. The number of nitrogens with one attached hydrogen (secondary N) is 1. The molecule has 0 radical (unpaired) electrons. The van der Waals surface area contributed by atoms with Gasteiger partial charge in [-0.05, 0) is 37.6 Å². The Hall–Kier alpha value is -2.18. The molecule has 2 fully saturated rings. The van der Waals surface area contributed by atoms with Gasteiger partial charge < -0.3 is 14.5 Å². The third kappa shape index (κ3) is 4.14. The molecule has 6 heteroatoms.